The molecule has 0 bridgehead atoms. The van der Waals surface area contributed by atoms with Crippen LogP contribution in [0.4, 0.5) is 17.1 Å². The smallest absolute Gasteiger partial charge is 0.0714 e. The van der Waals surface area contributed by atoms with E-state index in [1.807, 2.05) is 0 Å². The van der Waals surface area contributed by atoms with Crippen molar-refractivity contribution in [3.05, 3.63) is 271 Å². The van der Waals surface area contributed by atoms with E-state index < -0.39 is 5.41 Å². The largest absolute Gasteiger partial charge is 0.309 e. The molecule has 0 aromatic heterocycles. The Labute approximate surface area is 352 Å². The van der Waals surface area contributed by atoms with Crippen molar-refractivity contribution < 1.29 is 0 Å². The zero-order chi connectivity index (χ0) is 39.9. The number of benzene rings is 10. The van der Waals surface area contributed by atoms with Gasteiger partial charge in [0.25, 0.3) is 0 Å². The van der Waals surface area contributed by atoms with Crippen molar-refractivity contribution in [2.75, 3.05) is 4.90 Å². The lowest BCUT2D eigenvalue weighted by atomic mass is 9.67. The Morgan fingerprint density at radius 3 is 1.35 bits per heavy atom. The van der Waals surface area contributed by atoms with E-state index in [-0.39, 0.29) is 0 Å². The lowest BCUT2D eigenvalue weighted by Gasteiger charge is -2.35. The molecule has 282 valence electrons. The molecule has 0 radical (unpaired) electrons. The molecule has 60 heavy (non-hydrogen) atoms. The third kappa shape index (κ3) is 5.78. The minimum absolute atomic E-state index is 0.553. The highest BCUT2D eigenvalue weighted by Crippen LogP contribution is 2.61. The molecule has 0 amide bonds. The lowest BCUT2D eigenvalue weighted by molar-refractivity contribution is 0.769. The van der Waals surface area contributed by atoms with Gasteiger partial charge in [-0.15, -0.1) is 0 Å². The van der Waals surface area contributed by atoms with Crippen LogP contribution < -0.4 is 4.90 Å². The predicted octanol–water partition coefficient (Wildman–Crippen LogP) is 15.7. The lowest BCUT2D eigenvalue weighted by Crippen LogP contribution is -2.28. The first-order chi connectivity index (χ1) is 29.8. The molecule has 0 saturated carbocycles. The van der Waals surface area contributed by atoms with Crippen LogP contribution in [0.3, 0.4) is 0 Å². The number of rotatable bonds is 8. The second kappa shape index (κ2) is 14.9. The minimum atomic E-state index is -0.553. The molecule has 1 nitrogen and oxygen atoms in total. The van der Waals surface area contributed by atoms with E-state index in [1.165, 1.54) is 83.2 Å². The van der Waals surface area contributed by atoms with Gasteiger partial charge in [-0.25, -0.2) is 0 Å². The fraction of sp³-hybridized carbons (Fsp3) is 0.0169. The first kappa shape index (κ1) is 35.4. The molecule has 0 saturated heterocycles. The summed E-state index contributed by atoms with van der Waals surface area (Å²) in [6.07, 6.45) is 0. The Hall–Kier alpha value is -7.74. The van der Waals surface area contributed by atoms with Crippen molar-refractivity contribution in [1.29, 1.82) is 0 Å². The van der Waals surface area contributed by atoms with E-state index >= 15 is 0 Å². The normalized spacial score (nSPS) is 12.5. The monoisotopic (exact) mass is 763 g/mol. The Morgan fingerprint density at radius 2 is 0.750 bits per heavy atom. The number of anilines is 3. The first-order valence-electron chi connectivity index (χ1n) is 20.8. The molecular formula is C59H41N. The van der Waals surface area contributed by atoms with E-state index in [2.05, 4.69) is 254 Å². The maximum Gasteiger partial charge on any atom is 0.0714 e. The third-order valence-corrected chi connectivity index (χ3v) is 12.3. The summed E-state index contributed by atoms with van der Waals surface area (Å²) in [6, 6.07) is 91.1. The number of para-hydroxylation sites is 1. The van der Waals surface area contributed by atoms with Gasteiger partial charge >= 0.3 is 0 Å². The standard InChI is InChI=1S/C59H41N/c1-6-20-42(21-7-1)45-34-35-46-41-56-57(53-32-18-19-33-55(53)59(56,47-24-10-3-11-25-47)48-26-12-4-13-27-48)58(54(46)40-45)60(49-28-14-5-15-29-49)50-38-36-44(37-39-50)52-31-17-16-30-51(52)43-22-8-2-9-23-43/h1-41H. The molecule has 0 heterocycles. The minimum Gasteiger partial charge on any atom is -0.309 e. The van der Waals surface area contributed by atoms with Gasteiger partial charge < -0.3 is 4.90 Å². The SMILES string of the molecule is c1ccc(-c2ccc3cc4c(c(N(c5ccccc5)c5ccc(-c6ccccc6-c6ccccc6)cc5)c3c2)-c2ccccc2C4(c2ccccc2)c2ccccc2)cc1. The van der Waals surface area contributed by atoms with Crippen LogP contribution in [-0.4, -0.2) is 0 Å². The second-order valence-electron chi connectivity index (χ2n) is 15.6. The van der Waals surface area contributed by atoms with E-state index in [9.17, 15) is 0 Å². The maximum absolute atomic E-state index is 2.51. The van der Waals surface area contributed by atoms with Crippen LogP contribution in [0.5, 0.6) is 0 Å². The molecule has 1 heteroatoms. The molecule has 0 unspecified atom stereocenters. The van der Waals surface area contributed by atoms with Crippen LogP contribution in [0.2, 0.25) is 0 Å². The van der Waals surface area contributed by atoms with Crippen LogP contribution in [0.15, 0.2) is 249 Å². The Kier molecular flexibility index (Phi) is 8.79. The van der Waals surface area contributed by atoms with Gasteiger partial charge in [0.15, 0.2) is 0 Å². The predicted molar refractivity (Wildman–Crippen MR) is 252 cm³/mol. The molecule has 10 aromatic carbocycles. The van der Waals surface area contributed by atoms with Crippen molar-refractivity contribution in [1.82, 2.24) is 0 Å². The Bertz CT molecular complexity index is 3060. The summed E-state index contributed by atoms with van der Waals surface area (Å²) in [7, 11) is 0. The van der Waals surface area contributed by atoms with Gasteiger partial charge in [0.1, 0.15) is 0 Å². The summed E-state index contributed by atoms with van der Waals surface area (Å²) in [5.74, 6) is 0. The number of fused-ring (bicyclic) bond motifs is 4. The van der Waals surface area contributed by atoms with Crippen LogP contribution in [-0.2, 0) is 5.41 Å². The molecule has 1 aliphatic carbocycles. The molecule has 0 aliphatic heterocycles. The molecular weight excluding hydrogens is 723 g/mol. The van der Waals surface area contributed by atoms with Gasteiger partial charge in [0.05, 0.1) is 11.1 Å². The van der Waals surface area contributed by atoms with Crippen LogP contribution >= 0.6 is 0 Å². The summed E-state index contributed by atoms with van der Waals surface area (Å²) in [4.78, 5) is 2.51. The molecule has 0 N–H and O–H groups in total. The summed E-state index contributed by atoms with van der Waals surface area (Å²) >= 11 is 0. The van der Waals surface area contributed by atoms with Gasteiger partial charge in [0.2, 0.25) is 0 Å². The topological polar surface area (TPSA) is 3.24 Å². The zero-order valence-electron chi connectivity index (χ0n) is 33.1. The molecule has 10 aromatic rings. The van der Waals surface area contributed by atoms with E-state index in [4.69, 9.17) is 0 Å². The van der Waals surface area contributed by atoms with Crippen LogP contribution in [0.1, 0.15) is 22.3 Å². The average molecular weight is 764 g/mol. The van der Waals surface area contributed by atoms with Crippen LogP contribution in [0, 0.1) is 0 Å². The fourth-order valence-electron chi connectivity index (χ4n) is 9.70. The summed E-state index contributed by atoms with van der Waals surface area (Å²) in [5.41, 5.74) is 17.6. The van der Waals surface area contributed by atoms with E-state index in [0.29, 0.717) is 0 Å². The second-order valence-corrected chi connectivity index (χ2v) is 15.6. The van der Waals surface area contributed by atoms with Gasteiger partial charge in [-0.05, 0) is 103 Å². The zero-order valence-corrected chi connectivity index (χ0v) is 33.1. The van der Waals surface area contributed by atoms with Crippen molar-refractivity contribution >= 4 is 27.8 Å². The van der Waals surface area contributed by atoms with Crippen LogP contribution in [0.25, 0.3) is 55.3 Å². The summed E-state index contributed by atoms with van der Waals surface area (Å²) < 4.78 is 0. The first-order valence-corrected chi connectivity index (χ1v) is 20.8. The van der Waals surface area contributed by atoms with Gasteiger partial charge in [-0.1, -0.05) is 212 Å². The fourth-order valence-corrected chi connectivity index (χ4v) is 9.70. The van der Waals surface area contributed by atoms with Crippen molar-refractivity contribution in [3.8, 4) is 44.5 Å². The Balaban J connectivity index is 1.23. The highest BCUT2D eigenvalue weighted by molar-refractivity contribution is 6.11. The van der Waals surface area contributed by atoms with Gasteiger partial charge in [-0.3, -0.25) is 0 Å². The van der Waals surface area contributed by atoms with Crippen molar-refractivity contribution in [2.24, 2.45) is 0 Å². The van der Waals surface area contributed by atoms with Gasteiger partial charge in [-0.2, -0.15) is 0 Å². The van der Waals surface area contributed by atoms with Gasteiger partial charge in [0, 0.05) is 22.3 Å². The highest BCUT2D eigenvalue weighted by Gasteiger charge is 2.48. The maximum atomic E-state index is 2.51. The van der Waals surface area contributed by atoms with Crippen molar-refractivity contribution in [2.45, 2.75) is 5.41 Å². The highest BCUT2D eigenvalue weighted by atomic mass is 15.1. The van der Waals surface area contributed by atoms with Crippen molar-refractivity contribution in [3.63, 3.8) is 0 Å². The quantitative estimate of drug-likeness (QED) is 0.149. The number of nitrogens with zero attached hydrogens (tertiary/aromatic N) is 1. The molecule has 0 fully saturated rings. The number of hydrogen-bond donors (Lipinski definition) is 0. The van der Waals surface area contributed by atoms with E-state index in [0.717, 1.165) is 11.4 Å². The summed E-state index contributed by atoms with van der Waals surface area (Å²) in [5, 5.41) is 2.39. The molecule has 1 aliphatic rings. The molecule has 0 atom stereocenters. The number of hydrogen-bond acceptors (Lipinski definition) is 1. The molecule has 11 rings (SSSR count). The summed E-state index contributed by atoms with van der Waals surface area (Å²) in [6.45, 7) is 0. The van der Waals surface area contributed by atoms with E-state index in [1.54, 1.807) is 0 Å². The third-order valence-electron chi connectivity index (χ3n) is 12.3. The Morgan fingerprint density at radius 1 is 0.300 bits per heavy atom. The molecule has 0 spiro atoms. The average Bonchev–Trinajstić information content (AvgIpc) is 3.63.